The number of hydrogen-bond donors (Lipinski definition) is 0. The molecule has 7 nitrogen and oxygen atoms in total. The van der Waals surface area contributed by atoms with Gasteiger partial charge in [0.1, 0.15) is 5.82 Å². The minimum Gasteiger partial charge on any atom is -0.454 e. The Morgan fingerprint density at radius 3 is 2.22 bits per heavy atom. The van der Waals surface area contributed by atoms with Gasteiger partial charge in [-0.15, -0.1) is 0 Å². The van der Waals surface area contributed by atoms with Crippen LogP contribution in [-0.4, -0.2) is 35.2 Å². The summed E-state index contributed by atoms with van der Waals surface area (Å²) in [6, 6.07) is 17.4. The molecule has 0 N–H and O–H groups in total. The normalized spacial score (nSPS) is 25.8. The number of carbonyl (C=O) groups is 4. The second-order valence-electron chi connectivity index (χ2n) is 12.4. The van der Waals surface area contributed by atoms with Crippen molar-refractivity contribution in [3.05, 3.63) is 106 Å². The van der Waals surface area contributed by atoms with Gasteiger partial charge in [0.25, 0.3) is 0 Å². The first-order valence-corrected chi connectivity index (χ1v) is 15.7. The summed E-state index contributed by atoms with van der Waals surface area (Å²) in [5.41, 5.74) is 3.57. The summed E-state index contributed by atoms with van der Waals surface area (Å²) in [6.07, 6.45) is 5.43. The maximum absolute atomic E-state index is 13.6. The van der Waals surface area contributed by atoms with Gasteiger partial charge >= 0.3 is 5.97 Å². The molecule has 5 aliphatic rings. The van der Waals surface area contributed by atoms with E-state index in [1.54, 1.807) is 36.4 Å². The highest BCUT2D eigenvalue weighted by atomic mass is 79.9. The number of fused-ring (bicyclic) bond motifs is 1. The molecule has 9 heteroatoms. The van der Waals surface area contributed by atoms with Crippen molar-refractivity contribution in [2.75, 3.05) is 11.5 Å². The number of amides is 2. The van der Waals surface area contributed by atoms with Crippen molar-refractivity contribution in [3.63, 3.8) is 0 Å². The number of anilines is 1. The van der Waals surface area contributed by atoms with Crippen LogP contribution in [0.4, 0.5) is 10.1 Å². The number of ether oxygens (including phenoxy) is 1. The number of ketones is 1. The number of aryl methyl sites for hydroxylation is 1. The lowest BCUT2D eigenvalue weighted by Gasteiger charge is -2.37. The number of esters is 1. The van der Waals surface area contributed by atoms with Crippen LogP contribution in [0.15, 0.2) is 83.4 Å². The molecular formula is C36H26BrFN2O5. The first-order valence-electron chi connectivity index (χ1n) is 14.9. The Morgan fingerprint density at radius 2 is 1.58 bits per heavy atom. The van der Waals surface area contributed by atoms with Gasteiger partial charge in [0.15, 0.2) is 12.4 Å². The molecule has 224 valence electrons. The number of allylic oxidation sites excluding steroid dienone is 2. The van der Waals surface area contributed by atoms with Crippen LogP contribution in [0, 0.1) is 48.2 Å². The van der Waals surface area contributed by atoms with Gasteiger partial charge in [-0.3, -0.25) is 19.3 Å². The van der Waals surface area contributed by atoms with E-state index in [2.05, 4.69) is 28.1 Å². The highest BCUT2D eigenvalue weighted by Gasteiger charge is 2.67. The topological polar surface area (TPSA) is 93.6 Å². The lowest BCUT2D eigenvalue weighted by Crippen LogP contribution is -2.40. The molecule has 6 unspecified atom stereocenters. The Morgan fingerprint density at radius 1 is 0.933 bits per heavy atom. The molecule has 3 aromatic carbocycles. The van der Waals surface area contributed by atoms with E-state index < -0.39 is 24.2 Å². The van der Waals surface area contributed by atoms with Crippen molar-refractivity contribution in [2.24, 2.45) is 35.5 Å². The summed E-state index contributed by atoms with van der Waals surface area (Å²) in [7, 11) is 0. The molecule has 2 amide bonds. The number of hydrogen-bond acceptors (Lipinski definition) is 6. The van der Waals surface area contributed by atoms with Crippen LogP contribution in [0.1, 0.15) is 32.7 Å². The van der Waals surface area contributed by atoms with Crippen LogP contribution >= 0.6 is 15.9 Å². The van der Waals surface area contributed by atoms with Crippen molar-refractivity contribution in [1.82, 2.24) is 4.98 Å². The first kappa shape index (κ1) is 28.0. The fraction of sp³-hybridized carbons (Fsp3) is 0.250. The number of imide groups is 1. The molecule has 0 spiro atoms. The van der Waals surface area contributed by atoms with Gasteiger partial charge in [0.2, 0.25) is 11.8 Å². The van der Waals surface area contributed by atoms with Gasteiger partial charge in [-0.1, -0.05) is 40.2 Å². The van der Waals surface area contributed by atoms with Crippen molar-refractivity contribution in [1.29, 1.82) is 0 Å². The van der Waals surface area contributed by atoms with Crippen LogP contribution in [0.3, 0.4) is 0 Å². The van der Waals surface area contributed by atoms with E-state index in [1.165, 1.54) is 29.2 Å². The second-order valence-corrected chi connectivity index (χ2v) is 13.3. The standard InChI is InChI=1S/C36H26BrFN2O5/c1-17-12-20(37)13-27-28(36(44)45-16-30(41)19-2-6-21(38)7-3-19)15-29(39-33(17)27)18-4-8-22(9-5-18)40-34(42)31-23-10-11-24(26-14-25(23)26)32(31)35(40)43/h2-13,15,23-26,31-32H,14,16H2,1H3. The highest BCUT2D eigenvalue weighted by Crippen LogP contribution is 2.65. The Kier molecular flexibility index (Phi) is 6.39. The summed E-state index contributed by atoms with van der Waals surface area (Å²) in [5, 5.41) is 0.554. The monoisotopic (exact) mass is 664 g/mol. The molecule has 45 heavy (non-hydrogen) atoms. The number of rotatable bonds is 6. The SMILES string of the molecule is Cc1cc(Br)cc2c(C(=O)OCC(=O)c3ccc(F)cc3)cc(-c3ccc(N4C(=O)C5C6C=CC(C7CC67)C5C4=O)cc3)nc12. The molecule has 1 aliphatic heterocycles. The van der Waals surface area contributed by atoms with Gasteiger partial charge in [-0.25, -0.2) is 14.2 Å². The zero-order chi connectivity index (χ0) is 31.1. The van der Waals surface area contributed by atoms with E-state index >= 15 is 0 Å². The molecule has 2 heterocycles. The van der Waals surface area contributed by atoms with E-state index in [0.717, 1.165) is 16.5 Å². The Hall–Kier alpha value is -4.50. The number of Topliss-reactive ketones (excluding diaryl/α,β-unsaturated/α-hetero) is 1. The fourth-order valence-electron chi connectivity index (χ4n) is 7.69. The maximum atomic E-state index is 13.6. The third kappa shape index (κ3) is 4.47. The fourth-order valence-corrected chi connectivity index (χ4v) is 8.27. The van der Waals surface area contributed by atoms with Crippen LogP contribution in [0.25, 0.3) is 22.2 Å². The van der Waals surface area contributed by atoms with Gasteiger partial charge in [0, 0.05) is 21.0 Å². The summed E-state index contributed by atoms with van der Waals surface area (Å²) >= 11 is 3.49. The average molecular weight is 666 g/mol. The van der Waals surface area contributed by atoms with E-state index in [1.807, 2.05) is 13.0 Å². The molecule has 9 rings (SSSR count). The quantitative estimate of drug-likeness (QED) is 0.0985. The molecular weight excluding hydrogens is 639 g/mol. The molecule has 1 saturated heterocycles. The molecule has 2 bridgehead atoms. The van der Waals surface area contributed by atoms with Gasteiger partial charge in [-0.2, -0.15) is 0 Å². The number of aromatic nitrogens is 1. The van der Waals surface area contributed by atoms with Gasteiger partial charge in [-0.05, 0) is 97.2 Å². The third-order valence-corrected chi connectivity index (χ3v) is 10.3. The van der Waals surface area contributed by atoms with E-state index in [9.17, 15) is 23.6 Å². The minimum atomic E-state index is -0.703. The lowest BCUT2D eigenvalue weighted by molar-refractivity contribution is -0.124. The molecule has 4 aromatic rings. The summed E-state index contributed by atoms with van der Waals surface area (Å²) in [6.45, 7) is 1.38. The highest BCUT2D eigenvalue weighted by molar-refractivity contribution is 9.10. The molecule has 2 saturated carbocycles. The third-order valence-electron chi connectivity index (χ3n) is 9.87. The first-order chi connectivity index (χ1) is 21.7. The van der Waals surface area contributed by atoms with Crippen molar-refractivity contribution < 1.29 is 28.3 Å². The summed E-state index contributed by atoms with van der Waals surface area (Å²) in [5.74, 6) is -1.04. The van der Waals surface area contributed by atoms with Crippen LogP contribution in [-0.2, 0) is 14.3 Å². The van der Waals surface area contributed by atoms with Crippen molar-refractivity contribution in [2.45, 2.75) is 13.3 Å². The molecule has 4 aliphatic carbocycles. The van der Waals surface area contributed by atoms with Crippen molar-refractivity contribution in [3.8, 4) is 11.3 Å². The van der Waals surface area contributed by atoms with E-state index in [0.29, 0.717) is 39.7 Å². The van der Waals surface area contributed by atoms with E-state index in [4.69, 9.17) is 9.72 Å². The number of carbonyl (C=O) groups excluding carboxylic acids is 4. The maximum Gasteiger partial charge on any atom is 0.339 e. The average Bonchev–Trinajstić information content (AvgIpc) is 3.82. The zero-order valence-electron chi connectivity index (χ0n) is 24.1. The minimum absolute atomic E-state index is 0.118. The Bertz CT molecular complexity index is 1950. The largest absolute Gasteiger partial charge is 0.454 e. The predicted octanol–water partition coefficient (Wildman–Crippen LogP) is 6.71. The zero-order valence-corrected chi connectivity index (χ0v) is 25.7. The molecule has 1 aromatic heterocycles. The molecule has 0 radical (unpaired) electrons. The lowest BCUT2D eigenvalue weighted by atomic mass is 9.63. The van der Waals surface area contributed by atoms with Crippen LogP contribution < -0.4 is 4.90 Å². The van der Waals surface area contributed by atoms with Gasteiger partial charge < -0.3 is 4.74 Å². The van der Waals surface area contributed by atoms with E-state index in [-0.39, 0.29) is 46.6 Å². The molecule has 6 atom stereocenters. The Labute approximate surface area is 266 Å². The number of pyridine rings is 1. The van der Waals surface area contributed by atoms with Gasteiger partial charge in [0.05, 0.1) is 34.3 Å². The second kappa shape index (κ2) is 10.3. The summed E-state index contributed by atoms with van der Waals surface area (Å²) in [4.78, 5) is 59.3. The number of benzene rings is 3. The number of nitrogens with zero attached hydrogens (tertiary/aromatic N) is 2. The molecule has 3 fully saturated rings. The smallest absolute Gasteiger partial charge is 0.339 e. The number of halogens is 2. The van der Waals surface area contributed by atoms with Crippen LogP contribution in [0.5, 0.6) is 0 Å². The Balaban J connectivity index is 1.09. The summed E-state index contributed by atoms with van der Waals surface area (Å²) < 4.78 is 19.5. The van der Waals surface area contributed by atoms with Crippen LogP contribution in [0.2, 0.25) is 0 Å². The van der Waals surface area contributed by atoms with Crippen molar-refractivity contribution >= 4 is 56.1 Å². The predicted molar refractivity (Wildman–Crippen MR) is 168 cm³/mol.